The summed E-state index contributed by atoms with van der Waals surface area (Å²) >= 11 is 1.31. The highest BCUT2D eigenvalue weighted by molar-refractivity contribution is 7.12. The minimum absolute atomic E-state index is 0.00462. The Morgan fingerprint density at radius 2 is 1.91 bits per heavy atom. The molecule has 0 spiro atoms. The largest absolute Gasteiger partial charge is 0.481 e. The molecule has 2 unspecified atom stereocenters. The van der Waals surface area contributed by atoms with Gasteiger partial charge in [-0.3, -0.25) is 14.4 Å². The molecule has 0 aliphatic heterocycles. The van der Waals surface area contributed by atoms with Gasteiger partial charge in [0, 0.05) is 12.5 Å². The number of nitrogens with one attached hydrogen (secondary N) is 2. The number of carboxylic acids is 1. The lowest BCUT2D eigenvalue weighted by molar-refractivity contribution is -0.137. The third kappa shape index (κ3) is 5.85. The molecule has 0 fully saturated rings. The molecule has 0 bridgehead atoms. The Morgan fingerprint density at radius 1 is 1.23 bits per heavy atom. The molecule has 0 saturated carbocycles. The van der Waals surface area contributed by atoms with Gasteiger partial charge in [-0.15, -0.1) is 11.3 Å². The molecule has 2 amide bonds. The predicted molar refractivity (Wildman–Crippen MR) is 84.9 cm³/mol. The number of rotatable bonds is 8. The van der Waals surface area contributed by atoms with E-state index in [2.05, 4.69) is 10.6 Å². The van der Waals surface area contributed by atoms with Crippen LogP contribution in [0.2, 0.25) is 0 Å². The van der Waals surface area contributed by atoms with E-state index < -0.39 is 12.0 Å². The van der Waals surface area contributed by atoms with E-state index in [9.17, 15) is 14.4 Å². The average molecular weight is 326 g/mol. The van der Waals surface area contributed by atoms with E-state index in [1.807, 2.05) is 13.8 Å². The quantitative estimate of drug-likeness (QED) is 0.679. The molecule has 1 aromatic rings. The van der Waals surface area contributed by atoms with Gasteiger partial charge >= 0.3 is 5.97 Å². The fourth-order valence-corrected chi connectivity index (χ4v) is 2.53. The van der Waals surface area contributed by atoms with E-state index in [4.69, 9.17) is 5.11 Å². The molecule has 7 heteroatoms. The molecule has 6 nitrogen and oxygen atoms in total. The van der Waals surface area contributed by atoms with Crippen molar-refractivity contribution in [3.8, 4) is 0 Å². The predicted octanol–water partition coefficient (Wildman–Crippen LogP) is 1.87. The SMILES string of the molecule is CC(CCC(=O)O)NC(=O)C(NC(=O)c1cccs1)C(C)C. The standard InChI is InChI=1S/C15H22N2O4S/c1-9(2)13(17-14(20)11-5-4-8-22-11)15(21)16-10(3)6-7-12(18)19/h4-5,8-10,13H,6-7H2,1-3H3,(H,16,21)(H,17,20)(H,18,19). The van der Waals surface area contributed by atoms with Gasteiger partial charge < -0.3 is 15.7 Å². The van der Waals surface area contributed by atoms with Crippen molar-refractivity contribution in [3.05, 3.63) is 22.4 Å². The maximum absolute atomic E-state index is 12.3. The second-order valence-corrected chi connectivity index (χ2v) is 6.46. The van der Waals surface area contributed by atoms with Crippen LogP contribution in [-0.4, -0.2) is 35.0 Å². The summed E-state index contributed by atoms with van der Waals surface area (Å²) in [7, 11) is 0. The van der Waals surface area contributed by atoms with Crippen molar-refractivity contribution in [1.82, 2.24) is 10.6 Å². The van der Waals surface area contributed by atoms with E-state index in [-0.39, 0.29) is 30.2 Å². The molecule has 1 heterocycles. The molecule has 122 valence electrons. The molecule has 0 aliphatic rings. The second-order valence-electron chi connectivity index (χ2n) is 5.51. The van der Waals surface area contributed by atoms with E-state index >= 15 is 0 Å². The Kier molecular flexibility index (Phi) is 7.04. The van der Waals surface area contributed by atoms with Crippen LogP contribution in [0.15, 0.2) is 17.5 Å². The van der Waals surface area contributed by atoms with Crippen LogP contribution >= 0.6 is 11.3 Å². The molecular formula is C15H22N2O4S. The topological polar surface area (TPSA) is 95.5 Å². The van der Waals surface area contributed by atoms with Gasteiger partial charge in [0.05, 0.1) is 4.88 Å². The normalized spacial score (nSPS) is 13.5. The molecular weight excluding hydrogens is 304 g/mol. The Hall–Kier alpha value is -1.89. The van der Waals surface area contributed by atoms with Crippen molar-refractivity contribution in [3.63, 3.8) is 0 Å². The van der Waals surface area contributed by atoms with Gasteiger partial charge in [-0.1, -0.05) is 19.9 Å². The van der Waals surface area contributed by atoms with Crippen LogP contribution in [0.25, 0.3) is 0 Å². The summed E-state index contributed by atoms with van der Waals surface area (Å²) in [4.78, 5) is 35.4. The van der Waals surface area contributed by atoms with Gasteiger partial charge in [-0.2, -0.15) is 0 Å². The minimum atomic E-state index is -0.896. The number of thiophene rings is 1. The summed E-state index contributed by atoms with van der Waals surface area (Å²) < 4.78 is 0. The van der Waals surface area contributed by atoms with Crippen molar-refractivity contribution < 1.29 is 19.5 Å². The lowest BCUT2D eigenvalue weighted by Crippen LogP contribution is -2.51. The Bertz CT molecular complexity index is 514. The fraction of sp³-hybridized carbons (Fsp3) is 0.533. The van der Waals surface area contributed by atoms with Crippen LogP contribution in [0.1, 0.15) is 43.3 Å². The number of hydrogen-bond acceptors (Lipinski definition) is 4. The first-order chi connectivity index (χ1) is 10.3. The molecule has 22 heavy (non-hydrogen) atoms. The third-order valence-corrected chi connectivity index (χ3v) is 4.03. The van der Waals surface area contributed by atoms with Gasteiger partial charge in [-0.25, -0.2) is 0 Å². The zero-order valence-corrected chi connectivity index (χ0v) is 13.8. The van der Waals surface area contributed by atoms with Crippen LogP contribution < -0.4 is 10.6 Å². The zero-order chi connectivity index (χ0) is 16.7. The highest BCUT2D eigenvalue weighted by Gasteiger charge is 2.26. The van der Waals surface area contributed by atoms with Crippen LogP contribution in [0.4, 0.5) is 0 Å². The summed E-state index contributed by atoms with van der Waals surface area (Å²) in [5, 5.41) is 15.9. The Labute approximate surface area is 133 Å². The third-order valence-electron chi connectivity index (χ3n) is 3.16. The molecule has 2 atom stereocenters. The number of carbonyl (C=O) groups excluding carboxylic acids is 2. The number of aliphatic carboxylic acids is 1. The van der Waals surface area contributed by atoms with Gasteiger partial charge in [0.1, 0.15) is 6.04 Å². The molecule has 0 saturated heterocycles. The highest BCUT2D eigenvalue weighted by atomic mass is 32.1. The zero-order valence-electron chi connectivity index (χ0n) is 13.0. The van der Waals surface area contributed by atoms with E-state index in [0.717, 1.165) is 0 Å². The maximum atomic E-state index is 12.3. The summed E-state index contributed by atoms with van der Waals surface area (Å²) in [5.74, 6) is -1.54. The lowest BCUT2D eigenvalue weighted by Gasteiger charge is -2.23. The van der Waals surface area contributed by atoms with Crippen LogP contribution in [0.5, 0.6) is 0 Å². The minimum Gasteiger partial charge on any atom is -0.481 e. The Morgan fingerprint density at radius 3 is 2.41 bits per heavy atom. The van der Waals surface area contributed by atoms with Crippen molar-refractivity contribution >= 4 is 29.1 Å². The van der Waals surface area contributed by atoms with Crippen molar-refractivity contribution in [2.45, 2.75) is 45.7 Å². The lowest BCUT2D eigenvalue weighted by atomic mass is 10.0. The number of hydrogen-bond donors (Lipinski definition) is 3. The first-order valence-electron chi connectivity index (χ1n) is 7.17. The first kappa shape index (κ1) is 18.2. The summed E-state index contributed by atoms with van der Waals surface area (Å²) in [5.41, 5.74) is 0. The van der Waals surface area contributed by atoms with Gasteiger partial charge in [-0.05, 0) is 30.7 Å². The van der Waals surface area contributed by atoms with Crippen LogP contribution in [-0.2, 0) is 9.59 Å². The number of carbonyl (C=O) groups is 3. The first-order valence-corrected chi connectivity index (χ1v) is 8.05. The van der Waals surface area contributed by atoms with Crippen molar-refractivity contribution in [2.24, 2.45) is 5.92 Å². The van der Waals surface area contributed by atoms with E-state index in [1.54, 1.807) is 24.4 Å². The molecule has 0 aliphatic carbocycles. The molecule has 3 N–H and O–H groups in total. The highest BCUT2D eigenvalue weighted by Crippen LogP contribution is 2.10. The maximum Gasteiger partial charge on any atom is 0.303 e. The van der Waals surface area contributed by atoms with Gasteiger partial charge in [0.2, 0.25) is 5.91 Å². The monoisotopic (exact) mass is 326 g/mol. The second kappa shape index (κ2) is 8.53. The van der Waals surface area contributed by atoms with Crippen molar-refractivity contribution in [2.75, 3.05) is 0 Å². The van der Waals surface area contributed by atoms with Crippen LogP contribution in [0, 0.1) is 5.92 Å². The Balaban J connectivity index is 2.60. The molecule has 1 rings (SSSR count). The molecule has 0 aromatic carbocycles. The van der Waals surface area contributed by atoms with Gasteiger partial charge in [0.15, 0.2) is 0 Å². The van der Waals surface area contributed by atoms with E-state index in [0.29, 0.717) is 11.3 Å². The summed E-state index contributed by atoms with van der Waals surface area (Å²) in [6.07, 6.45) is 0.347. The number of carboxylic acid groups (broad SMARTS) is 1. The smallest absolute Gasteiger partial charge is 0.303 e. The average Bonchev–Trinajstić information content (AvgIpc) is 2.95. The number of amides is 2. The van der Waals surface area contributed by atoms with Crippen LogP contribution in [0.3, 0.4) is 0 Å². The summed E-state index contributed by atoms with van der Waals surface area (Å²) in [6.45, 7) is 5.45. The molecule has 1 aromatic heterocycles. The summed E-state index contributed by atoms with van der Waals surface area (Å²) in [6, 6.07) is 2.56. The van der Waals surface area contributed by atoms with Gasteiger partial charge in [0.25, 0.3) is 5.91 Å². The molecule has 0 radical (unpaired) electrons. The van der Waals surface area contributed by atoms with E-state index in [1.165, 1.54) is 11.3 Å². The van der Waals surface area contributed by atoms with Crippen molar-refractivity contribution in [1.29, 1.82) is 0 Å². The fourth-order valence-electron chi connectivity index (χ4n) is 1.90.